The molecular weight excluding hydrogens is 416 g/mol. The minimum atomic E-state index is 0.0439. The lowest BCUT2D eigenvalue weighted by molar-refractivity contribution is 0.654. The molecule has 1 atom stereocenters. The van der Waals surface area contributed by atoms with Crippen molar-refractivity contribution < 1.29 is 0 Å². The lowest BCUT2D eigenvalue weighted by Gasteiger charge is -2.19. The first-order valence-corrected chi connectivity index (χ1v) is 11.5. The monoisotopic (exact) mass is 438 g/mol. The van der Waals surface area contributed by atoms with Crippen LogP contribution < -0.4 is 5.43 Å². The van der Waals surface area contributed by atoms with E-state index in [9.17, 15) is 0 Å². The molecule has 2 aromatic heterocycles. The molecule has 1 unspecified atom stereocenters. The summed E-state index contributed by atoms with van der Waals surface area (Å²) in [6.45, 7) is 0. The zero-order valence-corrected chi connectivity index (χ0v) is 18.5. The summed E-state index contributed by atoms with van der Waals surface area (Å²) in [4.78, 5) is 0. The van der Waals surface area contributed by atoms with Gasteiger partial charge in [-0.25, -0.2) is 0 Å². The number of fused-ring (bicyclic) bond motifs is 4. The largest absolute Gasteiger partial charge is 0.315 e. The van der Waals surface area contributed by atoms with Crippen LogP contribution in [-0.2, 0) is 0 Å². The maximum Gasteiger partial charge on any atom is 0.0894 e. The van der Waals surface area contributed by atoms with Gasteiger partial charge in [-0.2, -0.15) is 5.10 Å². The Kier molecular flexibility index (Phi) is 4.18. The Labute approximate surface area is 197 Å². The first-order valence-electron chi connectivity index (χ1n) is 11.5. The van der Waals surface area contributed by atoms with Crippen molar-refractivity contribution in [3.63, 3.8) is 0 Å². The Morgan fingerprint density at radius 2 is 1.44 bits per heavy atom. The lowest BCUT2D eigenvalue weighted by Crippen LogP contribution is -2.19. The van der Waals surface area contributed by atoms with Crippen LogP contribution in [0, 0.1) is 0 Å². The van der Waals surface area contributed by atoms with E-state index in [0.29, 0.717) is 0 Å². The molecule has 34 heavy (non-hydrogen) atoms. The highest BCUT2D eigenvalue weighted by Gasteiger charge is 2.17. The summed E-state index contributed by atoms with van der Waals surface area (Å²) < 4.78 is 4.60. The molecule has 0 radical (unpaired) electrons. The average Bonchev–Trinajstić information content (AvgIpc) is 3.47. The maximum atomic E-state index is 4.47. The van der Waals surface area contributed by atoms with Crippen LogP contribution in [0.15, 0.2) is 121 Å². The van der Waals surface area contributed by atoms with Crippen LogP contribution in [0.1, 0.15) is 11.6 Å². The second-order valence-corrected chi connectivity index (χ2v) is 8.67. The number of para-hydroxylation sites is 2. The van der Waals surface area contributed by atoms with Crippen molar-refractivity contribution in [1.82, 2.24) is 14.6 Å². The molecule has 162 valence electrons. The first-order chi connectivity index (χ1) is 16.9. The van der Waals surface area contributed by atoms with E-state index >= 15 is 0 Å². The van der Waals surface area contributed by atoms with Gasteiger partial charge in [0.25, 0.3) is 0 Å². The summed E-state index contributed by atoms with van der Waals surface area (Å²) in [7, 11) is 0. The minimum absolute atomic E-state index is 0.0439. The summed E-state index contributed by atoms with van der Waals surface area (Å²) in [6, 6.07) is 36.5. The number of allylic oxidation sites excluding steroid dienone is 1. The fourth-order valence-corrected chi connectivity index (χ4v) is 5.09. The fourth-order valence-electron chi connectivity index (χ4n) is 5.09. The number of nitrogens with zero attached hydrogens (tertiary/aromatic N) is 3. The molecule has 1 aliphatic heterocycles. The van der Waals surface area contributed by atoms with Gasteiger partial charge in [0, 0.05) is 28.0 Å². The van der Waals surface area contributed by atoms with E-state index in [0.717, 1.165) is 5.70 Å². The SMILES string of the molecule is C1=NNC(c2ccccc2)C=C1n1ccc2cc3c(cc21)c1ccccc1n3-c1ccccc1. The average molecular weight is 439 g/mol. The second-order valence-electron chi connectivity index (χ2n) is 8.67. The third-order valence-corrected chi connectivity index (χ3v) is 6.68. The van der Waals surface area contributed by atoms with Crippen molar-refractivity contribution in [1.29, 1.82) is 0 Å². The smallest absolute Gasteiger partial charge is 0.0894 e. The second kappa shape index (κ2) is 7.49. The Balaban J connectivity index is 1.45. The minimum Gasteiger partial charge on any atom is -0.315 e. The van der Waals surface area contributed by atoms with Gasteiger partial charge in [-0.05, 0) is 48.0 Å². The van der Waals surface area contributed by atoms with Crippen LogP contribution in [-0.4, -0.2) is 15.3 Å². The molecule has 0 aliphatic carbocycles. The molecule has 4 aromatic carbocycles. The summed E-state index contributed by atoms with van der Waals surface area (Å²) in [6.07, 6.45) is 6.28. The Morgan fingerprint density at radius 3 is 2.29 bits per heavy atom. The number of nitrogens with one attached hydrogen (secondary N) is 1. The first kappa shape index (κ1) is 18.9. The van der Waals surface area contributed by atoms with E-state index < -0.39 is 0 Å². The molecule has 1 N–H and O–H groups in total. The van der Waals surface area contributed by atoms with Gasteiger partial charge < -0.3 is 9.13 Å². The number of aromatic nitrogens is 2. The Hall–Kier alpha value is -4.57. The number of hydrogen-bond acceptors (Lipinski definition) is 2. The Morgan fingerprint density at radius 1 is 0.676 bits per heavy atom. The van der Waals surface area contributed by atoms with Crippen LogP contribution in [0.4, 0.5) is 0 Å². The van der Waals surface area contributed by atoms with Gasteiger partial charge in [0.05, 0.1) is 34.5 Å². The van der Waals surface area contributed by atoms with E-state index in [4.69, 9.17) is 0 Å². The Bertz CT molecular complexity index is 1720. The number of hydrogen-bond donors (Lipinski definition) is 1. The van der Waals surface area contributed by atoms with Crippen LogP contribution in [0.25, 0.3) is 44.1 Å². The molecule has 0 amide bonds. The lowest BCUT2D eigenvalue weighted by atomic mass is 10.1. The van der Waals surface area contributed by atoms with Crippen LogP contribution in [0.5, 0.6) is 0 Å². The maximum absolute atomic E-state index is 4.47. The third kappa shape index (κ3) is 2.89. The zero-order valence-electron chi connectivity index (χ0n) is 18.5. The molecule has 0 bridgehead atoms. The summed E-state index contributed by atoms with van der Waals surface area (Å²) in [5, 5.41) is 8.18. The molecule has 3 heterocycles. The van der Waals surface area contributed by atoms with Crippen molar-refractivity contribution in [3.8, 4) is 5.69 Å². The number of benzene rings is 4. The molecule has 0 saturated heterocycles. The molecule has 4 nitrogen and oxygen atoms in total. The van der Waals surface area contributed by atoms with Gasteiger partial charge >= 0.3 is 0 Å². The zero-order chi connectivity index (χ0) is 22.5. The van der Waals surface area contributed by atoms with Crippen LogP contribution >= 0.6 is 0 Å². The highest BCUT2D eigenvalue weighted by atomic mass is 15.3. The standard InChI is InChI=1S/C30H22N4/c1-3-9-21(10-4-1)27-18-24(20-31-32-27)33-16-15-22-17-30-26(19-29(22)33)25-13-7-8-14-28(25)34(30)23-11-5-2-6-12-23/h1-20,27,32H. The topological polar surface area (TPSA) is 34.2 Å². The van der Waals surface area contributed by atoms with Gasteiger partial charge in [-0.3, -0.25) is 5.43 Å². The van der Waals surface area contributed by atoms with Gasteiger partial charge in [0.2, 0.25) is 0 Å². The third-order valence-electron chi connectivity index (χ3n) is 6.68. The van der Waals surface area contributed by atoms with Crippen molar-refractivity contribution >= 4 is 44.6 Å². The van der Waals surface area contributed by atoms with Crippen molar-refractivity contribution in [2.24, 2.45) is 5.10 Å². The predicted molar refractivity (Wildman–Crippen MR) is 141 cm³/mol. The predicted octanol–water partition coefficient (Wildman–Crippen LogP) is 6.91. The van der Waals surface area contributed by atoms with E-state index in [1.54, 1.807) is 0 Å². The molecule has 0 fully saturated rings. The van der Waals surface area contributed by atoms with E-state index in [2.05, 4.69) is 129 Å². The van der Waals surface area contributed by atoms with Gasteiger partial charge in [0.15, 0.2) is 0 Å². The highest BCUT2D eigenvalue weighted by molar-refractivity contribution is 6.14. The summed E-state index contributed by atoms with van der Waals surface area (Å²) in [5.74, 6) is 0. The molecule has 1 aliphatic rings. The molecule has 0 spiro atoms. The molecular formula is C30H22N4. The quantitative estimate of drug-likeness (QED) is 0.320. The van der Waals surface area contributed by atoms with Gasteiger partial charge in [-0.15, -0.1) is 0 Å². The fraction of sp³-hybridized carbons (Fsp3) is 0.0333. The number of rotatable bonds is 3. The molecule has 6 aromatic rings. The van der Waals surface area contributed by atoms with Crippen molar-refractivity contribution in [2.75, 3.05) is 0 Å². The normalized spacial score (nSPS) is 15.6. The van der Waals surface area contributed by atoms with Gasteiger partial charge in [-0.1, -0.05) is 66.7 Å². The summed E-state index contributed by atoms with van der Waals surface area (Å²) >= 11 is 0. The van der Waals surface area contributed by atoms with E-state index in [1.807, 2.05) is 12.3 Å². The highest BCUT2D eigenvalue weighted by Crippen LogP contribution is 2.36. The molecule has 4 heteroatoms. The van der Waals surface area contributed by atoms with Crippen molar-refractivity contribution in [3.05, 3.63) is 121 Å². The van der Waals surface area contributed by atoms with Crippen molar-refractivity contribution in [2.45, 2.75) is 6.04 Å². The van der Waals surface area contributed by atoms with Crippen LogP contribution in [0.3, 0.4) is 0 Å². The number of hydrazone groups is 1. The van der Waals surface area contributed by atoms with E-state index in [1.165, 1.54) is 44.0 Å². The molecule has 7 rings (SSSR count). The summed E-state index contributed by atoms with van der Waals surface area (Å²) in [5.41, 5.74) is 10.3. The van der Waals surface area contributed by atoms with Gasteiger partial charge in [0.1, 0.15) is 0 Å². The van der Waals surface area contributed by atoms with E-state index in [-0.39, 0.29) is 6.04 Å². The molecule has 0 saturated carbocycles. The van der Waals surface area contributed by atoms with Crippen LogP contribution in [0.2, 0.25) is 0 Å².